The van der Waals surface area contributed by atoms with Crippen LogP contribution >= 0.6 is 31.9 Å². The molecule has 1 aromatic carbocycles. The van der Waals surface area contributed by atoms with E-state index in [0.717, 1.165) is 0 Å². The van der Waals surface area contributed by atoms with Gasteiger partial charge in [0.05, 0.1) is 10.2 Å². The van der Waals surface area contributed by atoms with Crippen molar-refractivity contribution >= 4 is 31.9 Å². The van der Waals surface area contributed by atoms with Gasteiger partial charge in [-0.3, -0.25) is 4.79 Å². The molecule has 0 saturated carbocycles. The SMILES string of the molecule is CC(C)Cc1nc(-c2ccc(Br)c(F)c2)[nH]c(=O)c1Br. The van der Waals surface area contributed by atoms with Gasteiger partial charge in [0.2, 0.25) is 0 Å². The molecule has 0 atom stereocenters. The molecule has 106 valence electrons. The molecule has 0 saturated heterocycles. The van der Waals surface area contributed by atoms with E-state index in [0.29, 0.717) is 38.4 Å². The number of nitrogens with zero attached hydrogens (tertiary/aromatic N) is 1. The third kappa shape index (κ3) is 3.35. The van der Waals surface area contributed by atoms with Crippen LogP contribution in [0.15, 0.2) is 31.9 Å². The maximum absolute atomic E-state index is 13.6. The number of aromatic nitrogens is 2. The monoisotopic (exact) mass is 402 g/mol. The van der Waals surface area contributed by atoms with Crippen molar-refractivity contribution in [1.29, 1.82) is 0 Å². The first kappa shape index (κ1) is 15.4. The zero-order valence-electron chi connectivity index (χ0n) is 11.0. The number of nitrogens with one attached hydrogen (secondary N) is 1. The molecule has 0 spiro atoms. The molecule has 3 nitrogen and oxygen atoms in total. The van der Waals surface area contributed by atoms with Crippen molar-refractivity contribution in [2.75, 3.05) is 0 Å². The molecule has 2 aromatic rings. The highest BCUT2D eigenvalue weighted by Gasteiger charge is 2.12. The van der Waals surface area contributed by atoms with Gasteiger partial charge in [0.1, 0.15) is 16.1 Å². The Hall–Kier alpha value is -1.01. The van der Waals surface area contributed by atoms with Crippen molar-refractivity contribution < 1.29 is 4.39 Å². The Morgan fingerprint density at radius 2 is 2.05 bits per heavy atom. The van der Waals surface area contributed by atoms with E-state index < -0.39 is 5.82 Å². The third-order valence-electron chi connectivity index (χ3n) is 2.73. The summed E-state index contributed by atoms with van der Waals surface area (Å²) in [6.07, 6.45) is 0.677. The Morgan fingerprint density at radius 3 is 2.65 bits per heavy atom. The van der Waals surface area contributed by atoms with E-state index >= 15 is 0 Å². The Bertz CT molecular complexity index is 698. The van der Waals surface area contributed by atoms with Gasteiger partial charge in [0.25, 0.3) is 5.56 Å². The predicted octanol–water partition coefficient (Wildman–Crippen LogP) is 4.30. The summed E-state index contributed by atoms with van der Waals surface area (Å²) in [6.45, 7) is 4.10. The van der Waals surface area contributed by atoms with Crippen LogP contribution in [-0.4, -0.2) is 9.97 Å². The van der Waals surface area contributed by atoms with E-state index in [9.17, 15) is 9.18 Å². The molecule has 0 aliphatic heterocycles. The van der Waals surface area contributed by atoms with E-state index in [1.54, 1.807) is 12.1 Å². The quantitative estimate of drug-likeness (QED) is 0.830. The fourth-order valence-electron chi connectivity index (χ4n) is 1.81. The molecular formula is C14H13Br2FN2O. The standard InChI is InChI=1S/C14H13Br2FN2O/c1-7(2)5-11-12(16)14(20)19-13(18-11)8-3-4-9(15)10(17)6-8/h3-4,6-7H,5H2,1-2H3,(H,18,19,20). The largest absolute Gasteiger partial charge is 0.306 e. The van der Waals surface area contributed by atoms with E-state index in [-0.39, 0.29) is 5.56 Å². The molecule has 1 heterocycles. The van der Waals surface area contributed by atoms with Gasteiger partial charge in [-0.25, -0.2) is 9.37 Å². The highest BCUT2D eigenvalue weighted by atomic mass is 79.9. The molecule has 2 rings (SSSR count). The lowest BCUT2D eigenvalue weighted by atomic mass is 10.1. The molecule has 0 aliphatic carbocycles. The highest BCUT2D eigenvalue weighted by Crippen LogP contribution is 2.23. The zero-order valence-corrected chi connectivity index (χ0v) is 14.2. The van der Waals surface area contributed by atoms with Crippen LogP contribution in [0.1, 0.15) is 19.5 Å². The van der Waals surface area contributed by atoms with E-state index in [1.165, 1.54) is 6.07 Å². The molecular weight excluding hydrogens is 391 g/mol. The van der Waals surface area contributed by atoms with E-state index in [2.05, 4.69) is 41.8 Å². The summed E-state index contributed by atoms with van der Waals surface area (Å²) in [7, 11) is 0. The molecule has 1 aromatic heterocycles. The zero-order chi connectivity index (χ0) is 14.9. The predicted molar refractivity (Wildman–Crippen MR) is 84.2 cm³/mol. The second kappa shape index (κ2) is 6.18. The maximum Gasteiger partial charge on any atom is 0.265 e. The number of hydrogen-bond acceptors (Lipinski definition) is 2. The van der Waals surface area contributed by atoms with Crippen LogP contribution in [0.5, 0.6) is 0 Å². The van der Waals surface area contributed by atoms with Crippen molar-refractivity contribution in [2.45, 2.75) is 20.3 Å². The average molecular weight is 404 g/mol. The van der Waals surface area contributed by atoms with Gasteiger partial charge >= 0.3 is 0 Å². The average Bonchev–Trinajstić information content (AvgIpc) is 2.37. The van der Waals surface area contributed by atoms with Crippen LogP contribution in [0.4, 0.5) is 4.39 Å². The van der Waals surface area contributed by atoms with Crippen LogP contribution in [0.25, 0.3) is 11.4 Å². The van der Waals surface area contributed by atoms with Crippen molar-refractivity contribution in [3.8, 4) is 11.4 Å². The van der Waals surface area contributed by atoms with Gasteiger partial charge in [0.15, 0.2) is 0 Å². The number of H-pyrrole nitrogens is 1. The van der Waals surface area contributed by atoms with Gasteiger partial charge in [0, 0.05) is 5.56 Å². The number of halogens is 3. The first-order valence-electron chi connectivity index (χ1n) is 6.12. The molecule has 1 N–H and O–H groups in total. The molecule has 0 bridgehead atoms. The molecule has 0 fully saturated rings. The van der Waals surface area contributed by atoms with Crippen LogP contribution in [-0.2, 0) is 6.42 Å². The lowest BCUT2D eigenvalue weighted by Gasteiger charge is -2.09. The topological polar surface area (TPSA) is 45.8 Å². The molecule has 0 unspecified atom stereocenters. The summed E-state index contributed by atoms with van der Waals surface area (Å²) in [6, 6.07) is 4.64. The lowest BCUT2D eigenvalue weighted by Crippen LogP contribution is -2.15. The lowest BCUT2D eigenvalue weighted by molar-refractivity contribution is 0.620. The van der Waals surface area contributed by atoms with Crippen LogP contribution < -0.4 is 5.56 Å². The molecule has 0 radical (unpaired) electrons. The summed E-state index contributed by atoms with van der Waals surface area (Å²) in [5.41, 5.74) is 0.969. The first-order valence-corrected chi connectivity index (χ1v) is 7.71. The smallest absolute Gasteiger partial charge is 0.265 e. The second-order valence-electron chi connectivity index (χ2n) is 4.90. The van der Waals surface area contributed by atoms with E-state index in [4.69, 9.17) is 0 Å². The fraction of sp³-hybridized carbons (Fsp3) is 0.286. The van der Waals surface area contributed by atoms with E-state index in [1.807, 2.05) is 13.8 Å². The van der Waals surface area contributed by atoms with Crippen molar-refractivity contribution in [3.63, 3.8) is 0 Å². The number of aromatic amines is 1. The van der Waals surface area contributed by atoms with Crippen molar-refractivity contribution in [1.82, 2.24) is 9.97 Å². The van der Waals surface area contributed by atoms with Crippen molar-refractivity contribution in [2.24, 2.45) is 5.92 Å². The normalized spacial score (nSPS) is 11.1. The van der Waals surface area contributed by atoms with Crippen LogP contribution in [0.2, 0.25) is 0 Å². The van der Waals surface area contributed by atoms with Crippen LogP contribution in [0.3, 0.4) is 0 Å². The minimum Gasteiger partial charge on any atom is -0.306 e. The van der Waals surface area contributed by atoms with Gasteiger partial charge in [-0.05, 0) is 62.4 Å². The molecule has 6 heteroatoms. The Balaban J connectivity index is 2.54. The molecule has 20 heavy (non-hydrogen) atoms. The Labute approximate surface area is 132 Å². The van der Waals surface area contributed by atoms with Crippen LogP contribution in [0, 0.1) is 11.7 Å². The highest BCUT2D eigenvalue weighted by molar-refractivity contribution is 9.10. The summed E-state index contributed by atoms with van der Waals surface area (Å²) in [5, 5.41) is 0. The Kier molecular flexibility index (Phi) is 4.75. The van der Waals surface area contributed by atoms with Gasteiger partial charge < -0.3 is 4.98 Å². The summed E-state index contributed by atoms with van der Waals surface area (Å²) >= 11 is 6.35. The maximum atomic E-state index is 13.6. The third-order valence-corrected chi connectivity index (χ3v) is 4.19. The summed E-state index contributed by atoms with van der Waals surface area (Å²) < 4.78 is 14.4. The van der Waals surface area contributed by atoms with Gasteiger partial charge in [-0.15, -0.1) is 0 Å². The summed E-state index contributed by atoms with van der Waals surface area (Å²) in [4.78, 5) is 19.0. The first-order chi connectivity index (χ1) is 9.38. The summed E-state index contributed by atoms with van der Waals surface area (Å²) in [5.74, 6) is 0.355. The molecule has 0 amide bonds. The van der Waals surface area contributed by atoms with Gasteiger partial charge in [-0.1, -0.05) is 13.8 Å². The fourth-order valence-corrected chi connectivity index (χ4v) is 2.40. The van der Waals surface area contributed by atoms with Crippen molar-refractivity contribution in [3.05, 3.63) is 49.0 Å². The minimum absolute atomic E-state index is 0.256. The number of benzene rings is 1. The molecule has 0 aliphatic rings. The number of rotatable bonds is 3. The Morgan fingerprint density at radius 1 is 1.35 bits per heavy atom. The number of hydrogen-bond donors (Lipinski definition) is 1. The minimum atomic E-state index is -0.390. The van der Waals surface area contributed by atoms with Gasteiger partial charge in [-0.2, -0.15) is 0 Å². The second-order valence-corrected chi connectivity index (χ2v) is 6.55.